The number of rotatable bonds is 6. The SMILES string of the molecule is Cn1c(=O)oc2ccc(-c3ccc(C[C@@H](C#N)NC(=O)C(C)(N)C4CCC4)cc3)cc21. The fourth-order valence-corrected chi connectivity index (χ4v) is 4.01. The van der Waals surface area contributed by atoms with Gasteiger partial charge >= 0.3 is 5.76 Å². The zero-order valence-electron chi connectivity index (χ0n) is 17.7. The van der Waals surface area contributed by atoms with E-state index in [0.717, 1.165) is 41.5 Å². The van der Waals surface area contributed by atoms with E-state index < -0.39 is 17.3 Å². The summed E-state index contributed by atoms with van der Waals surface area (Å²) in [6, 6.07) is 14.9. The lowest BCUT2D eigenvalue weighted by Crippen LogP contribution is -2.60. The summed E-state index contributed by atoms with van der Waals surface area (Å²) in [6.45, 7) is 1.75. The Morgan fingerprint density at radius 2 is 1.97 bits per heavy atom. The molecule has 7 heteroatoms. The number of hydrogen-bond acceptors (Lipinski definition) is 5. The van der Waals surface area contributed by atoms with E-state index in [4.69, 9.17) is 10.2 Å². The minimum absolute atomic E-state index is 0.179. The molecule has 2 aromatic carbocycles. The zero-order valence-corrected chi connectivity index (χ0v) is 17.7. The van der Waals surface area contributed by atoms with Crippen LogP contribution in [-0.4, -0.2) is 22.1 Å². The number of carbonyl (C=O) groups is 1. The van der Waals surface area contributed by atoms with Gasteiger partial charge in [0.25, 0.3) is 0 Å². The smallest absolute Gasteiger partial charge is 0.408 e. The third-order valence-corrected chi connectivity index (χ3v) is 6.42. The number of hydrogen-bond donors (Lipinski definition) is 2. The van der Waals surface area contributed by atoms with Crippen LogP contribution in [0.15, 0.2) is 51.7 Å². The predicted octanol–water partition coefficient (Wildman–Crippen LogP) is 2.87. The maximum Gasteiger partial charge on any atom is 0.419 e. The summed E-state index contributed by atoms with van der Waals surface area (Å²) in [5.74, 6) is -0.476. The number of nitrogens with zero attached hydrogens (tertiary/aromatic N) is 2. The van der Waals surface area contributed by atoms with Crippen LogP contribution in [0, 0.1) is 17.2 Å². The first kappa shape index (κ1) is 20.9. The molecule has 1 fully saturated rings. The third kappa shape index (κ3) is 3.99. The highest BCUT2D eigenvalue weighted by atomic mass is 16.4. The highest BCUT2D eigenvalue weighted by Gasteiger charge is 2.41. The molecule has 1 heterocycles. The number of nitrogens with one attached hydrogen (secondary N) is 1. The van der Waals surface area contributed by atoms with E-state index in [0.29, 0.717) is 12.0 Å². The molecule has 1 unspecified atom stereocenters. The van der Waals surface area contributed by atoms with E-state index >= 15 is 0 Å². The molecule has 4 rings (SSSR count). The largest absolute Gasteiger partial charge is 0.419 e. The Balaban J connectivity index is 1.46. The van der Waals surface area contributed by atoms with Crippen molar-refractivity contribution in [3.05, 3.63) is 58.6 Å². The zero-order chi connectivity index (χ0) is 22.2. The summed E-state index contributed by atoms with van der Waals surface area (Å²) in [4.78, 5) is 24.3. The van der Waals surface area contributed by atoms with Gasteiger partial charge < -0.3 is 15.5 Å². The van der Waals surface area contributed by atoms with E-state index in [1.165, 1.54) is 4.57 Å². The predicted molar refractivity (Wildman–Crippen MR) is 118 cm³/mol. The van der Waals surface area contributed by atoms with E-state index in [9.17, 15) is 14.9 Å². The summed E-state index contributed by atoms with van der Waals surface area (Å²) in [5.41, 5.74) is 9.47. The number of carbonyl (C=O) groups excluding carboxylic acids is 1. The number of aryl methyl sites for hydroxylation is 1. The summed E-state index contributed by atoms with van der Waals surface area (Å²) in [6.07, 6.45) is 3.41. The highest BCUT2D eigenvalue weighted by molar-refractivity contribution is 5.86. The molecule has 0 spiro atoms. The van der Waals surface area contributed by atoms with E-state index in [2.05, 4.69) is 11.4 Å². The van der Waals surface area contributed by atoms with Gasteiger partial charge in [-0.15, -0.1) is 0 Å². The topological polar surface area (TPSA) is 114 Å². The van der Waals surface area contributed by atoms with Crippen LogP contribution in [0.3, 0.4) is 0 Å². The number of aromatic nitrogens is 1. The standard InChI is InChI=1S/C24H26N4O3/c1-24(26,18-4-3-5-18)22(29)27-19(14-25)12-15-6-8-16(9-7-15)17-10-11-21-20(13-17)28(2)23(30)31-21/h6-11,13,18-19H,3-5,12,26H2,1-2H3,(H,27,29)/t19-,24?/m0/s1. The number of nitriles is 1. The molecular weight excluding hydrogens is 392 g/mol. The molecule has 1 aliphatic rings. The molecule has 7 nitrogen and oxygen atoms in total. The van der Waals surface area contributed by atoms with Crippen LogP contribution >= 0.6 is 0 Å². The molecule has 0 radical (unpaired) electrons. The summed E-state index contributed by atoms with van der Waals surface area (Å²) < 4.78 is 6.65. The number of fused-ring (bicyclic) bond motifs is 1. The first-order chi connectivity index (χ1) is 14.8. The van der Waals surface area contributed by atoms with Gasteiger partial charge in [0.1, 0.15) is 6.04 Å². The molecule has 3 aromatic rings. The molecule has 1 saturated carbocycles. The van der Waals surface area contributed by atoms with Crippen LogP contribution in [0.4, 0.5) is 0 Å². The molecule has 1 amide bonds. The van der Waals surface area contributed by atoms with Gasteiger partial charge in [0, 0.05) is 13.5 Å². The van der Waals surface area contributed by atoms with Crippen molar-refractivity contribution in [2.24, 2.45) is 18.7 Å². The van der Waals surface area contributed by atoms with Crippen molar-refractivity contribution in [2.75, 3.05) is 0 Å². The Bertz CT molecular complexity index is 1210. The number of nitrogens with two attached hydrogens (primary N) is 1. The minimum Gasteiger partial charge on any atom is -0.408 e. The molecular formula is C24H26N4O3. The molecule has 1 aromatic heterocycles. The normalized spacial score (nSPS) is 16.8. The van der Waals surface area contributed by atoms with E-state index in [1.807, 2.05) is 36.4 Å². The van der Waals surface area contributed by atoms with Gasteiger partial charge in [-0.3, -0.25) is 9.36 Å². The Morgan fingerprint density at radius 3 is 2.58 bits per heavy atom. The van der Waals surface area contributed by atoms with Crippen molar-refractivity contribution >= 4 is 17.0 Å². The average molecular weight is 418 g/mol. The van der Waals surface area contributed by atoms with E-state index in [1.54, 1.807) is 20.0 Å². The maximum atomic E-state index is 12.6. The first-order valence-electron chi connectivity index (χ1n) is 10.5. The minimum atomic E-state index is -0.941. The Hall–Kier alpha value is -3.37. The van der Waals surface area contributed by atoms with Crippen LogP contribution in [0.1, 0.15) is 31.7 Å². The Morgan fingerprint density at radius 1 is 1.29 bits per heavy atom. The molecule has 3 N–H and O–H groups in total. The van der Waals surface area contributed by atoms with Crippen LogP contribution < -0.4 is 16.8 Å². The third-order valence-electron chi connectivity index (χ3n) is 6.42. The number of oxazole rings is 1. The van der Waals surface area contributed by atoms with Crippen molar-refractivity contribution in [3.63, 3.8) is 0 Å². The van der Waals surface area contributed by atoms with Crippen molar-refractivity contribution in [1.29, 1.82) is 5.26 Å². The molecule has 31 heavy (non-hydrogen) atoms. The second kappa shape index (κ2) is 8.05. The van der Waals surface area contributed by atoms with Crippen LogP contribution in [-0.2, 0) is 18.3 Å². The molecule has 160 valence electrons. The fraction of sp³-hybridized carbons (Fsp3) is 0.375. The fourth-order valence-electron chi connectivity index (χ4n) is 4.01. The number of amides is 1. The lowest BCUT2D eigenvalue weighted by atomic mass is 9.71. The van der Waals surface area contributed by atoms with Gasteiger partial charge in [-0.2, -0.15) is 5.26 Å². The second-order valence-electron chi connectivity index (χ2n) is 8.58. The number of benzene rings is 2. The lowest BCUT2D eigenvalue weighted by molar-refractivity contribution is -0.129. The molecule has 2 atom stereocenters. The monoisotopic (exact) mass is 418 g/mol. The highest BCUT2D eigenvalue weighted by Crippen LogP contribution is 2.34. The molecule has 0 aliphatic heterocycles. The van der Waals surface area contributed by atoms with E-state index in [-0.39, 0.29) is 11.8 Å². The van der Waals surface area contributed by atoms with Crippen LogP contribution in [0.2, 0.25) is 0 Å². The first-order valence-corrected chi connectivity index (χ1v) is 10.5. The van der Waals surface area contributed by atoms with Crippen LogP contribution in [0.25, 0.3) is 22.2 Å². The summed E-state index contributed by atoms with van der Waals surface area (Å²) >= 11 is 0. The molecule has 1 aliphatic carbocycles. The van der Waals surface area contributed by atoms with Gasteiger partial charge in [-0.25, -0.2) is 4.79 Å². The second-order valence-corrected chi connectivity index (χ2v) is 8.58. The van der Waals surface area contributed by atoms with Crippen LogP contribution in [0.5, 0.6) is 0 Å². The maximum absolute atomic E-state index is 12.6. The molecule has 0 bridgehead atoms. The Labute approximate surface area is 180 Å². The Kier molecular flexibility index (Phi) is 5.42. The molecule has 0 saturated heterocycles. The summed E-state index contributed by atoms with van der Waals surface area (Å²) in [5, 5.41) is 12.3. The van der Waals surface area contributed by atoms with Gasteiger partial charge in [0.05, 0.1) is 17.1 Å². The quantitative estimate of drug-likeness (QED) is 0.639. The van der Waals surface area contributed by atoms with Gasteiger partial charge in [-0.1, -0.05) is 36.8 Å². The average Bonchev–Trinajstić information content (AvgIpc) is 2.99. The van der Waals surface area contributed by atoms with Gasteiger partial charge in [0.15, 0.2) is 5.58 Å². The van der Waals surface area contributed by atoms with Crippen molar-refractivity contribution < 1.29 is 9.21 Å². The van der Waals surface area contributed by atoms with Gasteiger partial charge in [-0.05, 0) is 54.5 Å². The summed E-state index contributed by atoms with van der Waals surface area (Å²) in [7, 11) is 1.68. The van der Waals surface area contributed by atoms with Crippen molar-refractivity contribution in [2.45, 2.75) is 44.2 Å². The lowest BCUT2D eigenvalue weighted by Gasteiger charge is -2.39. The van der Waals surface area contributed by atoms with Gasteiger partial charge in [0.2, 0.25) is 5.91 Å². The van der Waals surface area contributed by atoms with Crippen molar-refractivity contribution in [3.8, 4) is 17.2 Å². The van der Waals surface area contributed by atoms with Crippen molar-refractivity contribution in [1.82, 2.24) is 9.88 Å².